The van der Waals surface area contributed by atoms with Crippen LogP contribution in [0.5, 0.6) is 11.5 Å². The van der Waals surface area contributed by atoms with Crippen molar-refractivity contribution in [3.8, 4) is 11.5 Å². The summed E-state index contributed by atoms with van der Waals surface area (Å²) in [4.78, 5) is 13.1. The van der Waals surface area contributed by atoms with E-state index < -0.39 is 22.5 Å². The molecule has 13 heteroatoms. The first-order valence-corrected chi connectivity index (χ1v) is 16.4. The van der Waals surface area contributed by atoms with Crippen LogP contribution in [-0.2, 0) is 21.4 Å². The highest BCUT2D eigenvalue weighted by Gasteiger charge is 2.28. The summed E-state index contributed by atoms with van der Waals surface area (Å²) >= 11 is 21.8. The molecule has 0 heterocycles. The van der Waals surface area contributed by atoms with E-state index in [4.69, 9.17) is 44.3 Å². The van der Waals surface area contributed by atoms with Crippen molar-refractivity contribution in [1.29, 1.82) is 0 Å². The van der Waals surface area contributed by atoms with E-state index in [9.17, 15) is 13.2 Å². The van der Waals surface area contributed by atoms with Crippen molar-refractivity contribution in [2.24, 2.45) is 5.10 Å². The summed E-state index contributed by atoms with van der Waals surface area (Å²) in [5.74, 6) is 0.193. The molecule has 0 unspecified atom stereocenters. The molecule has 0 atom stereocenters. The molecule has 1 amide bonds. The van der Waals surface area contributed by atoms with Crippen LogP contribution in [0.4, 0.5) is 5.69 Å². The summed E-state index contributed by atoms with van der Waals surface area (Å²) in [5, 5.41) is 5.48. The molecule has 230 valence electrons. The predicted octanol–water partition coefficient (Wildman–Crippen LogP) is 7.96. The molecule has 0 aliphatic heterocycles. The lowest BCUT2D eigenvalue weighted by molar-refractivity contribution is -0.119. The molecule has 0 spiro atoms. The molecule has 0 saturated carbocycles. The molecular weight excluding hydrogens is 713 g/mol. The van der Waals surface area contributed by atoms with E-state index in [0.717, 1.165) is 15.4 Å². The zero-order chi connectivity index (χ0) is 32.0. The number of methoxy groups -OCH3 is 1. The number of anilines is 1. The van der Waals surface area contributed by atoms with Gasteiger partial charge in [0.15, 0.2) is 11.5 Å². The molecule has 0 fully saturated rings. The van der Waals surface area contributed by atoms with Gasteiger partial charge < -0.3 is 9.47 Å². The summed E-state index contributed by atoms with van der Waals surface area (Å²) < 4.78 is 40.4. The summed E-state index contributed by atoms with van der Waals surface area (Å²) in [6, 6.07) is 19.7. The fraction of sp³-hybridized carbons (Fsp3) is 0.161. The zero-order valence-electron chi connectivity index (χ0n) is 23.8. The molecule has 0 aliphatic rings. The average Bonchev–Trinajstić information content (AvgIpc) is 2.96. The number of rotatable bonds is 11. The van der Waals surface area contributed by atoms with Crippen LogP contribution in [-0.4, -0.2) is 34.2 Å². The molecule has 0 bridgehead atoms. The topological polar surface area (TPSA) is 97.3 Å². The minimum atomic E-state index is -4.10. The number of benzene rings is 4. The average molecular weight is 740 g/mol. The van der Waals surface area contributed by atoms with Gasteiger partial charge in [-0.15, -0.1) is 0 Å². The van der Waals surface area contributed by atoms with E-state index in [-0.39, 0.29) is 11.5 Å². The van der Waals surface area contributed by atoms with Gasteiger partial charge in [-0.25, -0.2) is 13.8 Å². The van der Waals surface area contributed by atoms with Gasteiger partial charge >= 0.3 is 0 Å². The number of carbonyl (C=O) groups is 1. The van der Waals surface area contributed by atoms with Gasteiger partial charge in [0.1, 0.15) is 13.2 Å². The van der Waals surface area contributed by atoms with Crippen molar-refractivity contribution in [2.75, 3.05) is 18.0 Å². The Morgan fingerprint density at radius 3 is 2.32 bits per heavy atom. The number of carbonyl (C=O) groups excluding carboxylic acids is 1. The number of nitrogens with zero attached hydrogens (tertiary/aromatic N) is 2. The van der Waals surface area contributed by atoms with Crippen LogP contribution in [0.15, 0.2) is 87.3 Å². The van der Waals surface area contributed by atoms with Crippen LogP contribution in [0.2, 0.25) is 15.1 Å². The largest absolute Gasteiger partial charge is 0.493 e. The van der Waals surface area contributed by atoms with E-state index in [1.807, 2.05) is 6.92 Å². The Labute approximate surface area is 279 Å². The lowest BCUT2D eigenvalue weighted by atomic mass is 10.2. The van der Waals surface area contributed by atoms with Crippen molar-refractivity contribution < 1.29 is 22.7 Å². The van der Waals surface area contributed by atoms with Crippen LogP contribution >= 0.6 is 50.7 Å². The summed E-state index contributed by atoms with van der Waals surface area (Å²) in [6.07, 6.45) is 1.40. The second-order valence-corrected chi connectivity index (χ2v) is 13.6. The summed E-state index contributed by atoms with van der Waals surface area (Å²) in [6.45, 7) is 3.22. The quantitative estimate of drug-likeness (QED) is 0.124. The lowest BCUT2D eigenvalue weighted by Crippen LogP contribution is -2.40. The van der Waals surface area contributed by atoms with E-state index in [1.165, 1.54) is 25.5 Å². The minimum Gasteiger partial charge on any atom is -0.493 e. The van der Waals surface area contributed by atoms with Crippen molar-refractivity contribution >= 4 is 78.6 Å². The second-order valence-electron chi connectivity index (χ2n) is 9.61. The first-order valence-electron chi connectivity index (χ1n) is 13.0. The molecule has 0 aromatic heterocycles. The van der Waals surface area contributed by atoms with Crippen LogP contribution < -0.4 is 19.2 Å². The molecule has 1 N–H and O–H groups in total. The highest BCUT2D eigenvalue weighted by atomic mass is 79.9. The first-order chi connectivity index (χ1) is 20.9. The number of hydrogen-bond donors (Lipinski definition) is 1. The predicted molar refractivity (Wildman–Crippen MR) is 179 cm³/mol. The Morgan fingerprint density at radius 1 is 0.977 bits per heavy atom. The summed E-state index contributed by atoms with van der Waals surface area (Å²) in [5.41, 5.74) is 5.53. The Bertz CT molecular complexity index is 1820. The fourth-order valence-corrected chi connectivity index (χ4v) is 6.87. The van der Waals surface area contributed by atoms with Crippen molar-refractivity contribution in [1.82, 2.24) is 5.43 Å². The van der Waals surface area contributed by atoms with Crippen molar-refractivity contribution in [3.63, 3.8) is 0 Å². The highest BCUT2D eigenvalue weighted by molar-refractivity contribution is 9.10. The van der Waals surface area contributed by atoms with Gasteiger partial charge in [0, 0.05) is 20.6 Å². The molecule has 8 nitrogen and oxygen atoms in total. The van der Waals surface area contributed by atoms with E-state index >= 15 is 0 Å². The lowest BCUT2D eigenvalue weighted by Gasteiger charge is -2.25. The molecule has 0 aliphatic carbocycles. The van der Waals surface area contributed by atoms with Gasteiger partial charge in [0.2, 0.25) is 0 Å². The first kappa shape index (κ1) is 33.6. The number of hydrogen-bond acceptors (Lipinski definition) is 6. The third-order valence-electron chi connectivity index (χ3n) is 6.37. The zero-order valence-corrected chi connectivity index (χ0v) is 28.4. The van der Waals surface area contributed by atoms with E-state index in [0.29, 0.717) is 47.9 Å². The maximum Gasteiger partial charge on any atom is 0.264 e. The molecule has 4 rings (SSSR count). The molecule has 0 radical (unpaired) electrons. The Hall–Kier alpha value is -3.28. The van der Waals surface area contributed by atoms with Gasteiger partial charge in [-0.2, -0.15) is 5.10 Å². The highest BCUT2D eigenvalue weighted by Crippen LogP contribution is 2.37. The maximum atomic E-state index is 13.7. The van der Waals surface area contributed by atoms with Crippen LogP contribution in [0, 0.1) is 13.8 Å². The standard InChI is InChI=1S/C31H27BrCl3N3O5S/c1-19-4-9-25(10-5-19)44(40,41)38(28-11-8-23(33)12-20(28)2)17-30(39)37-36-16-21-13-26(32)31(29(14-21)42-3)43-18-22-6-7-24(34)15-27(22)35/h4-16H,17-18H2,1-3H3,(H,37,39)/b36-16+. The number of amides is 1. The smallest absolute Gasteiger partial charge is 0.264 e. The van der Waals surface area contributed by atoms with E-state index in [1.54, 1.807) is 67.6 Å². The van der Waals surface area contributed by atoms with Crippen LogP contribution in [0.3, 0.4) is 0 Å². The van der Waals surface area contributed by atoms with Gasteiger partial charge in [-0.3, -0.25) is 9.10 Å². The van der Waals surface area contributed by atoms with Gasteiger partial charge in [-0.1, -0.05) is 58.6 Å². The minimum absolute atomic E-state index is 0.0475. The molecule has 44 heavy (non-hydrogen) atoms. The molecular formula is C31H27BrCl3N3O5S. The van der Waals surface area contributed by atoms with E-state index in [2.05, 4.69) is 26.5 Å². The van der Waals surface area contributed by atoms with Crippen LogP contribution in [0.1, 0.15) is 22.3 Å². The van der Waals surface area contributed by atoms with Crippen LogP contribution in [0.25, 0.3) is 0 Å². The molecule has 4 aromatic rings. The van der Waals surface area contributed by atoms with Gasteiger partial charge in [0.05, 0.1) is 28.4 Å². The summed E-state index contributed by atoms with van der Waals surface area (Å²) in [7, 11) is -2.61. The number of hydrazone groups is 1. The SMILES string of the molecule is COc1cc(/C=N/NC(=O)CN(c2ccc(Cl)cc2C)S(=O)(=O)c2ccc(C)cc2)cc(Br)c1OCc1ccc(Cl)cc1Cl. The Morgan fingerprint density at radius 2 is 1.66 bits per heavy atom. The molecule has 0 saturated heterocycles. The number of sulfonamides is 1. The maximum absolute atomic E-state index is 13.7. The third-order valence-corrected chi connectivity index (χ3v) is 9.55. The Kier molecular flexibility index (Phi) is 11.2. The number of halogens is 4. The number of aryl methyl sites for hydroxylation is 2. The normalized spacial score (nSPS) is 11.4. The Balaban J connectivity index is 1.51. The fourth-order valence-electron chi connectivity index (χ4n) is 4.12. The van der Waals surface area contributed by atoms with Crippen molar-refractivity contribution in [2.45, 2.75) is 25.3 Å². The third kappa shape index (κ3) is 8.25. The number of ether oxygens (including phenoxy) is 2. The van der Waals surface area contributed by atoms with Gasteiger partial charge in [-0.05, 0) is 95.5 Å². The monoisotopic (exact) mass is 737 g/mol. The van der Waals surface area contributed by atoms with Crippen molar-refractivity contribution in [3.05, 3.63) is 115 Å². The molecule has 4 aromatic carbocycles. The number of nitrogens with one attached hydrogen (secondary N) is 1. The second kappa shape index (κ2) is 14.7. The van der Waals surface area contributed by atoms with Gasteiger partial charge in [0.25, 0.3) is 15.9 Å².